The highest BCUT2D eigenvalue weighted by molar-refractivity contribution is 5.95. The predicted molar refractivity (Wildman–Crippen MR) is 105 cm³/mol. The molecule has 138 valence electrons. The third kappa shape index (κ3) is 5.17. The van der Waals surface area contributed by atoms with Crippen molar-refractivity contribution in [2.75, 3.05) is 5.32 Å². The SMILES string of the molecule is CC(=O)N(Cc1ccc(NC(=O)C(N)c2ccc(C)cc2)cc1)C(C)C. The molecule has 2 aromatic rings. The molecule has 0 saturated carbocycles. The van der Waals surface area contributed by atoms with Crippen LogP contribution < -0.4 is 11.1 Å². The lowest BCUT2D eigenvalue weighted by Gasteiger charge is -2.25. The number of carbonyl (C=O) groups is 2. The maximum atomic E-state index is 12.4. The van der Waals surface area contributed by atoms with Crippen LogP contribution in [0.5, 0.6) is 0 Å². The Hall–Kier alpha value is -2.66. The first kappa shape index (κ1) is 19.7. The molecular weight excluding hydrogens is 326 g/mol. The van der Waals surface area contributed by atoms with Crippen molar-refractivity contribution in [2.45, 2.75) is 46.3 Å². The van der Waals surface area contributed by atoms with Gasteiger partial charge in [0.25, 0.3) is 0 Å². The third-order valence-corrected chi connectivity index (χ3v) is 4.32. The second-order valence-corrected chi connectivity index (χ2v) is 6.82. The van der Waals surface area contributed by atoms with Crippen molar-refractivity contribution >= 4 is 17.5 Å². The van der Waals surface area contributed by atoms with Crippen LogP contribution in [0.2, 0.25) is 0 Å². The van der Waals surface area contributed by atoms with Gasteiger partial charge in [-0.05, 0) is 44.0 Å². The molecule has 2 aromatic carbocycles. The molecule has 0 bridgehead atoms. The van der Waals surface area contributed by atoms with Gasteiger partial charge in [-0.1, -0.05) is 42.0 Å². The molecule has 0 heterocycles. The average molecular weight is 353 g/mol. The fraction of sp³-hybridized carbons (Fsp3) is 0.333. The van der Waals surface area contributed by atoms with Gasteiger partial charge < -0.3 is 16.0 Å². The van der Waals surface area contributed by atoms with E-state index in [9.17, 15) is 9.59 Å². The lowest BCUT2D eigenvalue weighted by molar-refractivity contribution is -0.131. The van der Waals surface area contributed by atoms with Crippen LogP contribution in [0.3, 0.4) is 0 Å². The van der Waals surface area contributed by atoms with E-state index in [0.717, 1.165) is 16.7 Å². The molecule has 2 amide bonds. The van der Waals surface area contributed by atoms with Gasteiger partial charge in [-0.15, -0.1) is 0 Å². The van der Waals surface area contributed by atoms with Crippen LogP contribution in [0.1, 0.15) is 43.5 Å². The first-order valence-electron chi connectivity index (χ1n) is 8.77. The Labute approximate surface area is 155 Å². The van der Waals surface area contributed by atoms with Crippen LogP contribution in [0.15, 0.2) is 48.5 Å². The van der Waals surface area contributed by atoms with Gasteiger partial charge in [-0.25, -0.2) is 0 Å². The van der Waals surface area contributed by atoms with E-state index < -0.39 is 6.04 Å². The minimum atomic E-state index is -0.718. The molecule has 1 unspecified atom stereocenters. The Balaban J connectivity index is 2.01. The van der Waals surface area contributed by atoms with Gasteiger partial charge in [0.05, 0.1) is 0 Å². The lowest BCUT2D eigenvalue weighted by atomic mass is 10.1. The molecule has 0 aliphatic heterocycles. The number of anilines is 1. The fourth-order valence-electron chi connectivity index (χ4n) is 2.69. The number of nitrogens with one attached hydrogen (secondary N) is 1. The van der Waals surface area contributed by atoms with Crippen LogP contribution in [0, 0.1) is 6.92 Å². The normalized spacial score (nSPS) is 11.9. The van der Waals surface area contributed by atoms with E-state index in [1.807, 2.05) is 69.3 Å². The highest BCUT2D eigenvalue weighted by Gasteiger charge is 2.16. The second-order valence-electron chi connectivity index (χ2n) is 6.82. The van der Waals surface area contributed by atoms with E-state index in [-0.39, 0.29) is 17.9 Å². The van der Waals surface area contributed by atoms with Crippen molar-refractivity contribution < 1.29 is 9.59 Å². The number of aryl methyl sites for hydroxylation is 1. The third-order valence-electron chi connectivity index (χ3n) is 4.32. The van der Waals surface area contributed by atoms with E-state index in [1.54, 1.807) is 11.8 Å². The van der Waals surface area contributed by atoms with E-state index >= 15 is 0 Å². The zero-order valence-corrected chi connectivity index (χ0v) is 15.8. The molecular formula is C21H27N3O2. The molecule has 0 fully saturated rings. The Kier molecular flexibility index (Phi) is 6.52. The highest BCUT2D eigenvalue weighted by Crippen LogP contribution is 2.17. The van der Waals surface area contributed by atoms with E-state index in [0.29, 0.717) is 12.2 Å². The minimum absolute atomic E-state index is 0.0430. The molecule has 0 aliphatic rings. The van der Waals surface area contributed by atoms with Crippen LogP contribution in [0.4, 0.5) is 5.69 Å². The van der Waals surface area contributed by atoms with Gasteiger partial charge in [0.15, 0.2) is 0 Å². The van der Waals surface area contributed by atoms with Crippen LogP contribution in [0.25, 0.3) is 0 Å². The fourth-order valence-corrected chi connectivity index (χ4v) is 2.69. The first-order valence-corrected chi connectivity index (χ1v) is 8.77. The number of benzene rings is 2. The van der Waals surface area contributed by atoms with Gasteiger partial charge in [0, 0.05) is 25.2 Å². The van der Waals surface area contributed by atoms with Crippen LogP contribution in [-0.4, -0.2) is 22.8 Å². The van der Waals surface area contributed by atoms with Crippen LogP contribution in [-0.2, 0) is 16.1 Å². The van der Waals surface area contributed by atoms with Crippen molar-refractivity contribution in [1.82, 2.24) is 4.90 Å². The zero-order chi connectivity index (χ0) is 19.3. The largest absolute Gasteiger partial charge is 0.336 e. The number of nitrogens with zero attached hydrogens (tertiary/aromatic N) is 1. The molecule has 1 atom stereocenters. The smallest absolute Gasteiger partial charge is 0.245 e. The molecule has 26 heavy (non-hydrogen) atoms. The highest BCUT2D eigenvalue weighted by atomic mass is 16.2. The van der Waals surface area contributed by atoms with E-state index in [4.69, 9.17) is 5.73 Å². The summed E-state index contributed by atoms with van der Waals surface area (Å²) in [7, 11) is 0. The van der Waals surface area contributed by atoms with Crippen molar-refractivity contribution in [3.05, 3.63) is 65.2 Å². The Bertz CT molecular complexity index is 752. The summed E-state index contributed by atoms with van der Waals surface area (Å²) in [4.78, 5) is 25.8. The number of hydrogen-bond acceptors (Lipinski definition) is 3. The summed E-state index contributed by atoms with van der Waals surface area (Å²) in [6, 6.07) is 14.5. The van der Waals surface area contributed by atoms with Gasteiger partial charge in [-0.3, -0.25) is 9.59 Å². The standard InChI is InChI=1S/C21H27N3O2/c1-14(2)24(16(4)25)13-17-7-11-19(12-8-17)23-21(26)20(22)18-9-5-15(3)6-10-18/h5-12,14,20H,13,22H2,1-4H3,(H,23,26). The molecule has 3 N–H and O–H groups in total. The van der Waals surface area contributed by atoms with Gasteiger partial charge in [-0.2, -0.15) is 0 Å². The molecule has 0 aromatic heterocycles. The zero-order valence-electron chi connectivity index (χ0n) is 15.8. The first-order chi connectivity index (χ1) is 12.3. The molecule has 5 heteroatoms. The summed E-state index contributed by atoms with van der Waals surface area (Å²) < 4.78 is 0. The molecule has 0 radical (unpaired) electrons. The van der Waals surface area contributed by atoms with E-state index in [2.05, 4.69) is 5.32 Å². The second kappa shape index (κ2) is 8.63. The molecule has 5 nitrogen and oxygen atoms in total. The van der Waals surface area contributed by atoms with Crippen molar-refractivity contribution in [1.29, 1.82) is 0 Å². The topological polar surface area (TPSA) is 75.4 Å². The maximum Gasteiger partial charge on any atom is 0.245 e. The lowest BCUT2D eigenvalue weighted by Crippen LogP contribution is -2.34. The molecule has 0 spiro atoms. The summed E-state index contributed by atoms with van der Waals surface area (Å²) in [6.07, 6.45) is 0. The van der Waals surface area contributed by atoms with Gasteiger partial charge >= 0.3 is 0 Å². The van der Waals surface area contributed by atoms with Crippen molar-refractivity contribution in [2.24, 2.45) is 5.73 Å². The average Bonchev–Trinajstić information content (AvgIpc) is 2.60. The molecule has 0 aliphatic carbocycles. The van der Waals surface area contributed by atoms with Crippen molar-refractivity contribution in [3.8, 4) is 0 Å². The van der Waals surface area contributed by atoms with Crippen molar-refractivity contribution in [3.63, 3.8) is 0 Å². The summed E-state index contributed by atoms with van der Waals surface area (Å²) in [5, 5.41) is 2.84. The summed E-state index contributed by atoms with van der Waals surface area (Å²) in [5.41, 5.74) is 9.63. The molecule has 2 rings (SSSR count). The Morgan fingerprint density at radius 3 is 2.12 bits per heavy atom. The number of rotatable bonds is 6. The summed E-state index contributed by atoms with van der Waals surface area (Å²) in [5.74, 6) is -0.212. The maximum absolute atomic E-state index is 12.4. The van der Waals surface area contributed by atoms with Gasteiger partial charge in [0.2, 0.25) is 11.8 Å². The summed E-state index contributed by atoms with van der Waals surface area (Å²) in [6.45, 7) is 8.08. The number of amides is 2. The Morgan fingerprint density at radius 2 is 1.62 bits per heavy atom. The predicted octanol–water partition coefficient (Wildman–Crippen LogP) is 3.39. The minimum Gasteiger partial charge on any atom is -0.336 e. The monoisotopic (exact) mass is 353 g/mol. The molecule has 0 saturated heterocycles. The number of carbonyl (C=O) groups excluding carboxylic acids is 2. The summed E-state index contributed by atoms with van der Waals surface area (Å²) >= 11 is 0. The number of hydrogen-bond donors (Lipinski definition) is 2. The Morgan fingerprint density at radius 1 is 1.04 bits per heavy atom. The quantitative estimate of drug-likeness (QED) is 0.836. The van der Waals surface area contributed by atoms with Gasteiger partial charge in [0.1, 0.15) is 6.04 Å². The number of nitrogens with two attached hydrogens (primary N) is 1. The van der Waals surface area contributed by atoms with Crippen LogP contribution >= 0.6 is 0 Å². The van der Waals surface area contributed by atoms with E-state index in [1.165, 1.54) is 0 Å².